The van der Waals surface area contributed by atoms with Gasteiger partial charge in [0.05, 0.1) is 26.6 Å². The number of pyridine rings is 1. The molecule has 0 radical (unpaired) electrons. The van der Waals surface area contributed by atoms with Crippen LogP contribution in [0.3, 0.4) is 0 Å². The number of hydrogen-bond donors (Lipinski definition) is 3. The number of nitrogens with zero attached hydrogens (tertiary/aromatic N) is 6. The average Bonchev–Trinajstić information content (AvgIpc) is 3.85. The number of sulfonamides is 1. The first kappa shape index (κ1) is 45.1. The summed E-state index contributed by atoms with van der Waals surface area (Å²) in [6.45, 7) is 8.53. The molecule has 3 aromatic heterocycles. The van der Waals surface area contributed by atoms with Gasteiger partial charge in [-0.25, -0.2) is 31.9 Å². The Balaban J connectivity index is 1.01. The predicted molar refractivity (Wildman–Crippen MR) is 253 cm³/mol. The van der Waals surface area contributed by atoms with Gasteiger partial charge in [0.1, 0.15) is 17.0 Å². The van der Waals surface area contributed by atoms with Crippen molar-refractivity contribution in [3.63, 3.8) is 0 Å². The summed E-state index contributed by atoms with van der Waals surface area (Å²) >= 11 is 6.25. The van der Waals surface area contributed by atoms with E-state index in [9.17, 15) is 28.1 Å². The third kappa shape index (κ3) is 9.06. The van der Waals surface area contributed by atoms with Crippen LogP contribution in [0.2, 0.25) is 5.02 Å². The van der Waals surface area contributed by atoms with E-state index in [4.69, 9.17) is 16.3 Å². The lowest BCUT2D eigenvalue weighted by Crippen LogP contribution is -2.47. The van der Waals surface area contributed by atoms with Gasteiger partial charge in [-0.2, -0.15) is 0 Å². The maximum Gasteiger partial charge on any atom is 0.293 e. The van der Waals surface area contributed by atoms with Gasteiger partial charge in [-0.15, -0.1) is 0 Å². The smallest absolute Gasteiger partial charge is 0.293 e. The minimum atomic E-state index is -4.72. The number of carbonyl (C=O) groups is 1. The number of carbonyl (C=O) groups excluding carboxylic acids is 1. The number of fused-ring (bicyclic) bond motifs is 2. The van der Waals surface area contributed by atoms with E-state index < -0.39 is 42.7 Å². The van der Waals surface area contributed by atoms with Gasteiger partial charge in [-0.1, -0.05) is 43.2 Å². The van der Waals surface area contributed by atoms with E-state index in [0.29, 0.717) is 34.7 Å². The van der Waals surface area contributed by atoms with Crippen LogP contribution in [0, 0.1) is 15.5 Å². The highest BCUT2D eigenvalue weighted by atomic mass is 35.5. The topological polar surface area (TPSA) is 190 Å². The summed E-state index contributed by atoms with van der Waals surface area (Å²) in [6.07, 6.45) is 5.02. The van der Waals surface area contributed by atoms with Crippen LogP contribution in [0.15, 0.2) is 94.3 Å². The molecule has 0 unspecified atom stereocenters. The van der Waals surface area contributed by atoms with E-state index in [1.165, 1.54) is 33.5 Å². The standard InChI is InChI=1S/C47H51ClFN9O7S/c1-46(2)14-12-32(37(27-46)30-4-6-33(48)7-5-30)28-55-18-20-56(21-19-55)34-8-10-36(39(25-34)57-41-24-31-13-17-50-43(31)52-42(41)45(60)54(57)3)44(59)53-66(63,64)35-9-11-38(40(26-35)58(61)62)51-29-47(49)15-22-65-23-16-47/h4-11,13,17,24-26,51H,12,14-16,18-23,27-29H2,1-3H3,(H,50,52)(H,53,59). The number of H-pyrrole nitrogens is 1. The van der Waals surface area contributed by atoms with Crippen LogP contribution in [0.1, 0.15) is 61.9 Å². The summed E-state index contributed by atoms with van der Waals surface area (Å²) in [5.41, 5.74) is 3.37. The number of hydrogen-bond acceptors (Lipinski definition) is 11. The lowest BCUT2D eigenvalue weighted by Gasteiger charge is -2.39. The Morgan fingerprint density at radius 2 is 1.74 bits per heavy atom. The SMILES string of the molecule is Cn1c(=O)c2nc3[nH]ccc3cc2n1-c1cc(N2CCN(CC3=C(c4ccc(Cl)cc4)CC(C)(C)CC3)CC2)ccc1C(=O)NS(=O)(=O)c1ccc(NCC2(F)CCOCC2)c([N+](=O)[O-])c1. The number of amides is 1. The minimum Gasteiger partial charge on any atom is -0.381 e. The van der Waals surface area contributed by atoms with Gasteiger partial charge in [0, 0.05) is 101 Å². The number of nitro groups is 1. The molecule has 9 rings (SSSR count). The van der Waals surface area contributed by atoms with Crippen LogP contribution in [-0.4, -0.2) is 102 Å². The number of aromatic amines is 1. The maximum absolute atomic E-state index is 15.3. The number of nitrogens with one attached hydrogen (secondary N) is 3. The largest absolute Gasteiger partial charge is 0.381 e. The molecule has 66 heavy (non-hydrogen) atoms. The average molecular weight is 940 g/mol. The van der Waals surface area contributed by atoms with Gasteiger partial charge in [-0.3, -0.25) is 24.6 Å². The highest BCUT2D eigenvalue weighted by molar-refractivity contribution is 7.90. The number of ether oxygens (including phenoxy) is 1. The number of nitro benzene ring substituents is 1. The fourth-order valence-corrected chi connectivity index (χ4v) is 10.5. The number of anilines is 2. The number of piperazine rings is 1. The highest BCUT2D eigenvalue weighted by Gasteiger charge is 2.34. The zero-order chi connectivity index (χ0) is 46.5. The molecular formula is C47H51ClFN9O7S. The Hall–Kier alpha value is -6.08. The number of benzene rings is 3. The first-order chi connectivity index (χ1) is 31.5. The van der Waals surface area contributed by atoms with Gasteiger partial charge >= 0.3 is 0 Å². The van der Waals surface area contributed by atoms with E-state index in [2.05, 4.69) is 55.8 Å². The van der Waals surface area contributed by atoms with E-state index in [0.717, 1.165) is 56.7 Å². The molecule has 1 aliphatic carbocycles. The first-order valence-corrected chi connectivity index (χ1v) is 23.8. The zero-order valence-electron chi connectivity index (χ0n) is 36.9. The van der Waals surface area contributed by atoms with Crippen LogP contribution in [0.25, 0.3) is 33.3 Å². The molecule has 0 spiro atoms. The second kappa shape index (κ2) is 17.6. The van der Waals surface area contributed by atoms with Gasteiger partial charge in [-0.05, 0) is 90.4 Å². The highest BCUT2D eigenvalue weighted by Crippen LogP contribution is 2.43. The molecule has 2 aliphatic heterocycles. The van der Waals surface area contributed by atoms with Crippen molar-refractivity contribution in [2.45, 2.75) is 56.5 Å². The molecule has 0 atom stereocenters. The fraction of sp³-hybridized carbons (Fsp3) is 0.383. The number of allylic oxidation sites excluding steroid dienone is 1. The Kier molecular flexibility index (Phi) is 12.0. The third-order valence-corrected chi connectivity index (χ3v) is 14.8. The number of aromatic nitrogens is 4. The van der Waals surface area contributed by atoms with Gasteiger partial charge in [0.25, 0.3) is 27.2 Å². The van der Waals surface area contributed by atoms with Crippen LogP contribution in [-0.2, 0) is 21.8 Å². The van der Waals surface area contributed by atoms with Gasteiger partial charge in [0.2, 0.25) is 0 Å². The van der Waals surface area contributed by atoms with E-state index in [1.807, 2.05) is 18.2 Å². The van der Waals surface area contributed by atoms with Gasteiger partial charge in [0.15, 0.2) is 5.52 Å². The van der Waals surface area contributed by atoms with E-state index in [-0.39, 0.29) is 60.5 Å². The van der Waals surface area contributed by atoms with Crippen LogP contribution >= 0.6 is 11.6 Å². The second-order valence-corrected chi connectivity index (χ2v) is 20.4. The van der Waals surface area contributed by atoms with Crippen molar-refractivity contribution in [3.05, 3.63) is 121 Å². The summed E-state index contributed by atoms with van der Waals surface area (Å²) in [7, 11) is -3.17. The maximum atomic E-state index is 15.3. The Bertz CT molecular complexity index is 3080. The van der Waals surface area contributed by atoms with Crippen molar-refractivity contribution < 1.29 is 27.3 Å². The molecular weight excluding hydrogens is 889 g/mol. The Morgan fingerprint density at radius 1 is 1.00 bits per heavy atom. The van der Waals surface area contributed by atoms with Crippen LogP contribution in [0.4, 0.5) is 21.5 Å². The lowest BCUT2D eigenvalue weighted by molar-refractivity contribution is -0.384. The summed E-state index contributed by atoms with van der Waals surface area (Å²) in [4.78, 5) is 51.2. The molecule has 0 bridgehead atoms. The molecule has 3 aromatic carbocycles. The van der Waals surface area contributed by atoms with Crippen molar-refractivity contribution in [2.75, 3.05) is 62.7 Å². The normalized spacial score (nSPS) is 17.9. The third-order valence-electron chi connectivity index (χ3n) is 13.2. The predicted octanol–water partition coefficient (Wildman–Crippen LogP) is 7.60. The summed E-state index contributed by atoms with van der Waals surface area (Å²) < 4.78 is 53.3. The minimum absolute atomic E-state index is 0.0733. The van der Waals surface area contributed by atoms with Crippen molar-refractivity contribution >= 4 is 72.2 Å². The molecule has 0 saturated carbocycles. The lowest BCUT2D eigenvalue weighted by atomic mass is 9.72. The monoisotopic (exact) mass is 939 g/mol. The van der Waals surface area contributed by atoms with Crippen LogP contribution in [0.5, 0.6) is 0 Å². The van der Waals surface area contributed by atoms with E-state index in [1.54, 1.807) is 36.1 Å². The quantitative estimate of drug-likeness (QED) is 0.0810. The van der Waals surface area contributed by atoms with Crippen molar-refractivity contribution in [3.8, 4) is 5.69 Å². The summed E-state index contributed by atoms with van der Waals surface area (Å²) in [5, 5.41) is 16.4. The second-order valence-electron chi connectivity index (χ2n) is 18.3. The molecule has 2 fully saturated rings. The Labute approximate surface area is 385 Å². The fourth-order valence-electron chi connectivity index (χ4n) is 9.35. The molecule has 6 aromatic rings. The van der Waals surface area contributed by atoms with E-state index >= 15 is 4.39 Å². The van der Waals surface area contributed by atoms with Crippen molar-refractivity contribution in [2.24, 2.45) is 12.5 Å². The first-order valence-electron chi connectivity index (χ1n) is 22.0. The molecule has 1 amide bonds. The number of rotatable bonds is 12. The number of halogens is 2. The molecule has 346 valence electrons. The molecule has 2 saturated heterocycles. The number of alkyl halides is 1. The molecule has 5 heterocycles. The molecule has 16 nitrogen and oxygen atoms in total. The summed E-state index contributed by atoms with van der Waals surface area (Å²) in [5.74, 6) is -1.03. The Morgan fingerprint density at radius 3 is 2.47 bits per heavy atom. The molecule has 19 heteroatoms. The zero-order valence-corrected chi connectivity index (χ0v) is 38.5. The van der Waals surface area contributed by atoms with Crippen molar-refractivity contribution in [1.82, 2.24) is 29.0 Å². The molecule has 3 N–H and O–H groups in total. The summed E-state index contributed by atoms with van der Waals surface area (Å²) in [6, 6.07) is 19.9. The van der Waals surface area contributed by atoms with Crippen molar-refractivity contribution in [1.29, 1.82) is 0 Å². The molecule has 3 aliphatic rings. The van der Waals surface area contributed by atoms with Gasteiger partial charge < -0.3 is 19.9 Å². The van der Waals surface area contributed by atoms with Crippen LogP contribution < -0.4 is 20.5 Å².